The van der Waals surface area contributed by atoms with Gasteiger partial charge < -0.3 is 10.6 Å². The van der Waals surface area contributed by atoms with Crippen LogP contribution in [0.5, 0.6) is 0 Å². The molecule has 1 aromatic heterocycles. The molecule has 1 fully saturated rings. The van der Waals surface area contributed by atoms with Crippen LogP contribution in [0.1, 0.15) is 37.7 Å². The van der Waals surface area contributed by atoms with E-state index < -0.39 is 0 Å². The Morgan fingerprint density at radius 2 is 2.25 bits per heavy atom. The van der Waals surface area contributed by atoms with Crippen LogP contribution in [0, 0.1) is 5.92 Å². The van der Waals surface area contributed by atoms with Crippen molar-refractivity contribution in [2.24, 2.45) is 11.7 Å². The third-order valence-corrected chi connectivity index (χ3v) is 4.41. The molecule has 0 bridgehead atoms. The van der Waals surface area contributed by atoms with Crippen LogP contribution in [0.4, 0.5) is 0 Å². The van der Waals surface area contributed by atoms with Crippen LogP contribution in [0.15, 0.2) is 24.5 Å². The summed E-state index contributed by atoms with van der Waals surface area (Å²) in [5.41, 5.74) is 6.97. The Morgan fingerprint density at radius 3 is 2.95 bits per heavy atom. The molecule has 1 aliphatic rings. The molecule has 1 heterocycles. The number of rotatable bonds is 5. The second-order valence-electron chi connectivity index (χ2n) is 5.71. The molecule has 2 atom stereocenters. The monoisotopic (exact) mass is 275 g/mol. The van der Waals surface area contributed by atoms with E-state index in [0.717, 1.165) is 24.8 Å². The summed E-state index contributed by atoms with van der Waals surface area (Å²) in [5.74, 6) is 0.690. The van der Waals surface area contributed by atoms with Gasteiger partial charge in [0.05, 0.1) is 0 Å². The maximum Gasteiger partial charge on any atom is 0.222 e. The minimum Gasteiger partial charge on any atom is -0.342 e. The molecule has 1 aliphatic carbocycles. The Bertz CT molecular complexity index is 421. The minimum atomic E-state index is 0.221. The van der Waals surface area contributed by atoms with Crippen molar-refractivity contribution in [2.45, 2.75) is 44.6 Å². The molecule has 20 heavy (non-hydrogen) atoms. The van der Waals surface area contributed by atoms with Gasteiger partial charge in [0.25, 0.3) is 0 Å². The van der Waals surface area contributed by atoms with Gasteiger partial charge in [0.1, 0.15) is 0 Å². The number of aryl methyl sites for hydroxylation is 1. The topological polar surface area (TPSA) is 59.2 Å². The molecule has 0 aliphatic heterocycles. The highest BCUT2D eigenvalue weighted by atomic mass is 16.2. The maximum absolute atomic E-state index is 12.3. The van der Waals surface area contributed by atoms with Crippen molar-refractivity contribution in [1.29, 1.82) is 0 Å². The van der Waals surface area contributed by atoms with E-state index in [9.17, 15) is 4.79 Å². The number of nitrogens with zero attached hydrogens (tertiary/aromatic N) is 2. The highest BCUT2D eigenvalue weighted by molar-refractivity contribution is 5.76. The van der Waals surface area contributed by atoms with Crippen LogP contribution in [0.3, 0.4) is 0 Å². The third kappa shape index (κ3) is 3.79. The molecule has 2 rings (SSSR count). The summed E-state index contributed by atoms with van der Waals surface area (Å²) in [7, 11) is 1.93. The molecule has 1 saturated carbocycles. The number of carbonyl (C=O) groups excluding carboxylic acids is 1. The second kappa shape index (κ2) is 7.39. The summed E-state index contributed by atoms with van der Waals surface area (Å²) in [6.45, 7) is 0.685. The number of pyridine rings is 1. The van der Waals surface area contributed by atoms with Crippen molar-refractivity contribution in [3.63, 3.8) is 0 Å². The molecular weight excluding hydrogens is 250 g/mol. The predicted molar refractivity (Wildman–Crippen MR) is 80.1 cm³/mol. The first-order valence-corrected chi connectivity index (χ1v) is 7.57. The fourth-order valence-electron chi connectivity index (χ4n) is 3.13. The number of carbonyl (C=O) groups is 1. The summed E-state index contributed by atoms with van der Waals surface area (Å²) in [6.07, 6.45) is 9.60. The van der Waals surface area contributed by atoms with Crippen molar-refractivity contribution in [3.05, 3.63) is 30.1 Å². The summed E-state index contributed by atoms with van der Waals surface area (Å²) in [6, 6.07) is 4.26. The van der Waals surface area contributed by atoms with Gasteiger partial charge in [0.2, 0.25) is 5.91 Å². The van der Waals surface area contributed by atoms with Crippen LogP contribution >= 0.6 is 0 Å². The Labute approximate surface area is 121 Å². The Morgan fingerprint density at radius 1 is 1.45 bits per heavy atom. The molecule has 0 spiro atoms. The number of hydrogen-bond acceptors (Lipinski definition) is 3. The SMILES string of the molecule is CN(C(=O)CCc1cccnc1)C1CCCCC1CN. The van der Waals surface area contributed by atoms with Crippen molar-refractivity contribution in [2.75, 3.05) is 13.6 Å². The summed E-state index contributed by atoms with van der Waals surface area (Å²) < 4.78 is 0. The third-order valence-electron chi connectivity index (χ3n) is 4.41. The molecule has 4 heteroatoms. The number of amides is 1. The fraction of sp³-hybridized carbons (Fsp3) is 0.625. The van der Waals surface area contributed by atoms with Crippen LogP contribution in [0.2, 0.25) is 0 Å². The lowest BCUT2D eigenvalue weighted by molar-refractivity contribution is -0.133. The maximum atomic E-state index is 12.3. The Hall–Kier alpha value is -1.42. The predicted octanol–water partition coefficient (Wildman–Crippen LogP) is 1.99. The lowest BCUT2D eigenvalue weighted by atomic mass is 9.83. The average molecular weight is 275 g/mol. The lowest BCUT2D eigenvalue weighted by Gasteiger charge is -2.37. The summed E-state index contributed by atoms with van der Waals surface area (Å²) >= 11 is 0. The first-order valence-electron chi connectivity index (χ1n) is 7.57. The minimum absolute atomic E-state index is 0.221. The van der Waals surface area contributed by atoms with Gasteiger partial charge in [-0.1, -0.05) is 18.9 Å². The quantitative estimate of drug-likeness (QED) is 0.894. The highest BCUT2D eigenvalue weighted by Gasteiger charge is 2.29. The molecule has 110 valence electrons. The lowest BCUT2D eigenvalue weighted by Crippen LogP contribution is -2.46. The molecule has 0 aromatic carbocycles. The van der Waals surface area contributed by atoms with Gasteiger partial charge in [0.15, 0.2) is 0 Å². The largest absolute Gasteiger partial charge is 0.342 e. The van der Waals surface area contributed by atoms with Gasteiger partial charge in [0, 0.05) is 31.9 Å². The molecule has 2 N–H and O–H groups in total. The van der Waals surface area contributed by atoms with Crippen molar-refractivity contribution < 1.29 is 4.79 Å². The number of nitrogens with two attached hydrogens (primary N) is 1. The van der Waals surface area contributed by atoms with Crippen LogP contribution in [-0.2, 0) is 11.2 Å². The van der Waals surface area contributed by atoms with E-state index in [1.807, 2.05) is 30.3 Å². The molecule has 1 amide bonds. The van der Waals surface area contributed by atoms with E-state index in [2.05, 4.69) is 4.98 Å². The van der Waals surface area contributed by atoms with E-state index in [4.69, 9.17) is 5.73 Å². The van der Waals surface area contributed by atoms with Gasteiger partial charge in [-0.2, -0.15) is 0 Å². The standard InChI is InChI=1S/C16H25N3O/c1-19(15-7-3-2-6-14(15)11-17)16(20)9-8-13-5-4-10-18-12-13/h4-5,10,12,14-15H,2-3,6-9,11,17H2,1H3. The second-order valence-corrected chi connectivity index (χ2v) is 5.71. The Kier molecular flexibility index (Phi) is 5.53. The normalized spacial score (nSPS) is 22.5. The molecule has 0 radical (unpaired) electrons. The first-order chi connectivity index (χ1) is 9.72. The van der Waals surface area contributed by atoms with Crippen LogP contribution in [-0.4, -0.2) is 35.4 Å². The zero-order valence-corrected chi connectivity index (χ0v) is 12.3. The van der Waals surface area contributed by atoms with E-state index >= 15 is 0 Å². The molecule has 1 aromatic rings. The Balaban J connectivity index is 1.87. The van der Waals surface area contributed by atoms with Gasteiger partial charge in [-0.15, -0.1) is 0 Å². The number of hydrogen-bond donors (Lipinski definition) is 1. The van der Waals surface area contributed by atoms with Crippen molar-refractivity contribution >= 4 is 5.91 Å². The van der Waals surface area contributed by atoms with Crippen LogP contribution < -0.4 is 5.73 Å². The van der Waals surface area contributed by atoms with E-state index in [-0.39, 0.29) is 5.91 Å². The first kappa shape index (κ1) is 15.0. The zero-order valence-electron chi connectivity index (χ0n) is 12.3. The van der Waals surface area contributed by atoms with E-state index in [1.165, 1.54) is 12.8 Å². The fourth-order valence-corrected chi connectivity index (χ4v) is 3.13. The highest BCUT2D eigenvalue weighted by Crippen LogP contribution is 2.27. The van der Waals surface area contributed by atoms with E-state index in [1.54, 1.807) is 6.20 Å². The zero-order chi connectivity index (χ0) is 14.4. The van der Waals surface area contributed by atoms with Crippen LogP contribution in [0.25, 0.3) is 0 Å². The smallest absolute Gasteiger partial charge is 0.222 e. The summed E-state index contributed by atoms with van der Waals surface area (Å²) in [5, 5.41) is 0. The number of aromatic nitrogens is 1. The molecular formula is C16H25N3O. The average Bonchev–Trinajstić information content (AvgIpc) is 2.52. The molecule has 2 unspecified atom stereocenters. The van der Waals surface area contributed by atoms with Crippen molar-refractivity contribution in [3.8, 4) is 0 Å². The molecule has 4 nitrogen and oxygen atoms in total. The van der Waals surface area contributed by atoms with Gasteiger partial charge in [-0.25, -0.2) is 0 Å². The van der Waals surface area contributed by atoms with Crippen molar-refractivity contribution in [1.82, 2.24) is 9.88 Å². The van der Waals surface area contributed by atoms with Gasteiger partial charge in [-0.3, -0.25) is 9.78 Å². The summed E-state index contributed by atoms with van der Waals surface area (Å²) in [4.78, 5) is 18.4. The van der Waals surface area contributed by atoms with E-state index in [0.29, 0.717) is 24.9 Å². The van der Waals surface area contributed by atoms with Gasteiger partial charge in [-0.05, 0) is 43.4 Å². The molecule has 0 saturated heterocycles. The van der Waals surface area contributed by atoms with Gasteiger partial charge >= 0.3 is 0 Å².